The summed E-state index contributed by atoms with van der Waals surface area (Å²) in [7, 11) is 0. The molecule has 0 unspecified atom stereocenters. The van der Waals surface area contributed by atoms with Gasteiger partial charge in [-0.3, -0.25) is 0 Å². The molecule has 0 spiro atoms. The second-order valence-corrected chi connectivity index (χ2v) is 3.94. The number of benzene rings is 1. The van der Waals surface area contributed by atoms with Crippen LogP contribution < -0.4 is 0 Å². The summed E-state index contributed by atoms with van der Waals surface area (Å²) in [5.74, 6) is 0. The standard InChI is InChI=1S/C10H10Cl2N2/c1-2-5-14-9-4-3-7(11)6-8(9)13-10(14)12/h3-4,6H,2,5H2,1H3. The van der Waals surface area contributed by atoms with E-state index in [1.807, 2.05) is 22.8 Å². The molecule has 0 saturated carbocycles. The first kappa shape index (κ1) is 9.81. The van der Waals surface area contributed by atoms with Crippen LogP contribution in [-0.2, 0) is 6.54 Å². The van der Waals surface area contributed by atoms with Crippen LogP contribution in [0.5, 0.6) is 0 Å². The molecule has 0 amide bonds. The van der Waals surface area contributed by atoms with Crippen molar-refractivity contribution in [3.05, 3.63) is 28.5 Å². The third-order valence-electron chi connectivity index (χ3n) is 2.11. The van der Waals surface area contributed by atoms with Gasteiger partial charge in [0.05, 0.1) is 11.0 Å². The molecule has 2 aromatic rings. The lowest BCUT2D eigenvalue weighted by molar-refractivity contribution is 0.698. The maximum atomic E-state index is 6.01. The number of halogens is 2. The molecule has 1 aromatic heterocycles. The van der Waals surface area contributed by atoms with E-state index in [2.05, 4.69) is 11.9 Å². The summed E-state index contributed by atoms with van der Waals surface area (Å²) in [6, 6.07) is 5.63. The lowest BCUT2D eigenvalue weighted by atomic mass is 10.3. The summed E-state index contributed by atoms with van der Waals surface area (Å²) >= 11 is 11.9. The molecule has 0 aliphatic heterocycles. The van der Waals surface area contributed by atoms with Gasteiger partial charge in [0.15, 0.2) is 0 Å². The molecule has 0 fully saturated rings. The number of aryl methyl sites for hydroxylation is 1. The Kier molecular flexibility index (Phi) is 2.66. The molecule has 0 bridgehead atoms. The van der Waals surface area contributed by atoms with E-state index in [4.69, 9.17) is 23.2 Å². The molecule has 0 atom stereocenters. The van der Waals surface area contributed by atoms with Gasteiger partial charge >= 0.3 is 0 Å². The molecule has 0 radical (unpaired) electrons. The van der Waals surface area contributed by atoms with Gasteiger partial charge in [0.1, 0.15) is 0 Å². The molecule has 2 rings (SSSR count). The fourth-order valence-electron chi connectivity index (χ4n) is 1.51. The molecular weight excluding hydrogens is 219 g/mol. The highest BCUT2D eigenvalue weighted by molar-refractivity contribution is 6.31. The van der Waals surface area contributed by atoms with Crippen LogP contribution in [0.2, 0.25) is 10.3 Å². The molecular formula is C10H10Cl2N2. The lowest BCUT2D eigenvalue weighted by Crippen LogP contribution is -1.95. The number of nitrogens with zero attached hydrogens (tertiary/aromatic N) is 2. The van der Waals surface area contributed by atoms with Crippen LogP contribution in [0, 0.1) is 0 Å². The molecule has 1 aromatic carbocycles. The highest BCUT2D eigenvalue weighted by Gasteiger charge is 2.07. The van der Waals surface area contributed by atoms with Crippen molar-refractivity contribution in [2.75, 3.05) is 0 Å². The largest absolute Gasteiger partial charge is 0.315 e. The van der Waals surface area contributed by atoms with Crippen molar-refractivity contribution in [1.29, 1.82) is 0 Å². The molecule has 0 saturated heterocycles. The van der Waals surface area contributed by atoms with Gasteiger partial charge in [0.25, 0.3) is 0 Å². The van der Waals surface area contributed by atoms with Gasteiger partial charge in [0, 0.05) is 11.6 Å². The minimum Gasteiger partial charge on any atom is -0.315 e. The van der Waals surface area contributed by atoms with Gasteiger partial charge in [-0.25, -0.2) is 4.98 Å². The van der Waals surface area contributed by atoms with Gasteiger partial charge in [0.2, 0.25) is 5.28 Å². The van der Waals surface area contributed by atoms with Crippen LogP contribution >= 0.6 is 23.2 Å². The monoisotopic (exact) mass is 228 g/mol. The Labute approximate surface area is 92.5 Å². The van der Waals surface area contributed by atoms with Crippen molar-refractivity contribution in [1.82, 2.24) is 9.55 Å². The number of hydrogen-bond donors (Lipinski definition) is 0. The zero-order valence-corrected chi connectivity index (χ0v) is 9.31. The third kappa shape index (κ3) is 1.60. The Balaban J connectivity index is 2.64. The van der Waals surface area contributed by atoms with E-state index in [0.717, 1.165) is 24.0 Å². The Morgan fingerprint density at radius 3 is 2.86 bits per heavy atom. The molecule has 4 heteroatoms. The average molecular weight is 229 g/mol. The maximum absolute atomic E-state index is 6.01. The van der Waals surface area contributed by atoms with Gasteiger partial charge in [-0.2, -0.15) is 0 Å². The van der Waals surface area contributed by atoms with Crippen molar-refractivity contribution in [2.24, 2.45) is 0 Å². The van der Waals surface area contributed by atoms with E-state index >= 15 is 0 Å². The first-order valence-corrected chi connectivity index (χ1v) is 5.29. The second-order valence-electron chi connectivity index (χ2n) is 3.17. The smallest absolute Gasteiger partial charge is 0.203 e. The molecule has 0 aliphatic rings. The van der Waals surface area contributed by atoms with E-state index < -0.39 is 0 Å². The summed E-state index contributed by atoms with van der Waals surface area (Å²) in [6.07, 6.45) is 1.04. The van der Waals surface area contributed by atoms with E-state index in [-0.39, 0.29) is 0 Å². The van der Waals surface area contributed by atoms with E-state index in [9.17, 15) is 0 Å². The van der Waals surface area contributed by atoms with Crippen molar-refractivity contribution in [3.8, 4) is 0 Å². The Morgan fingerprint density at radius 2 is 2.14 bits per heavy atom. The Bertz CT molecular complexity index is 462. The number of fused-ring (bicyclic) bond motifs is 1. The lowest BCUT2D eigenvalue weighted by Gasteiger charge is -2.02. The van der Waals surface area contributed by atoms with Crippen LogP contribution in [-0.4, -0.2) is 9.55 Å². The zero-order valence-electron chi connectivity index (χ0n) is 7.80. The van der Waals surface area contributed by atoms with Crippen LogP contribution in [0.1, 0.15) is 13.3 Å². The van der Waals surface area contributed by atoms with E-state index in [1.165, 1.54) is 0 Å². The van der Waals surface area contributed by atoms with Crippen molar-refractivity contribution < 1.29 is 0 Å². The van der Waals surface area contributed by atoms with Gasteiger partial charge in [-0.05, 0) is 36.2 Å². The van der Waals surface area contributed by atoms with Crippen LogP contribution in [0.3, 0.4) is 0 Å². The molecule has 0 N–H and O–H groups in total. The highest BCUT2D eigenvalue weighted by atomic mass is 35.5. The van der Waals surface area contributed by atoms with Gasteiger partial charge < -0.3 is 4.57 Å². The summed E-state index contributed by atoms with van der Waals surface area (Å²) in [4.78, 5) is 4.24. The van der Waals surface area contributed by atoms with Crippen molar-refractivity contribution >= 4 is 34.2 Å². The van der Waals surface area contributed by atoms with Crippen LogP contribution in [0.4, 0.5) is 0 Å². The van der Waals surface area contributed by atoms with Crippen molar-refractivity contribution in [2.45, 2.75) is 19.9 Å². The SMILES string of the molecule is CCCn1c(Cl)nc2cc(Cl)ccc21. The molecule has 74 valence electrons. The van der Waals surface area contributed by atoms with Crippen molar-refractivity contribution in [3.63, 3.8) is 0 Å². The minimum atomic E-state index is 0.532. The zero-order chi connectivity index (χ0) is 10.1. The fourth-order valence-corrected chi connectivity index (χ4v) is 1.94. The van der Waals surface area contributed by atoms with E-state index in [1.54, 1.807) is 0 Å². The molecule has 14 heavy (non-hydrogen) atoms. The van der Waals surface area contributed by atoms with E-state index in [0.29, 0.717) is 10.3 Å². The first-order valence-electron chi connectivity index (χ1n) is 4.53. The minimum absolute atomic E-state index is 0.532. The molecule has 0 aliphatic carbocycles. The van der Waals surface area contributed by atoms with Gasteiger partial charge in [-0.15, -0.1) is 0 Å². The van der Waals surface area contributed by atoms with Crippen LogP contribution in [0.25, 0.3) is 11.0 Å². The highest BCUT2D eigenvalue weighted by Crippen LogP contribution is 2.23. The average Bonchev–Trinajstić information content (AvgIpc) is 2.43. The van der Waals surface area contributed by atoms with Crippen LogP contribution in [0.15, 0.2) is 18.2 Å². The summed E-state index contributed by atoms with van der Waals surface area (Å²) in [6.45, 7) is 3.00. The summed E-state index contributed by atoms with van der Waals surface area (Å²) in [5, 5.41) is 1.22. The molecule has 1 heterocycles. The number of hydrogen-bond acceptors (Lipinski definition) is 1. The fraction of sp³-hybridized carbons (Fsp3) is 0.300. The third-order valence-corrected chi connectivity index (χ3v) is 2.63. The number of rotatable bonds is 2. The predicted molar refractivity (Wildman–Crippen MR) is 60.0 cm³/mol. The molecule has 2 nitrogen and oxygen atoms in total. The Morgan fingerprint density at radius 1 is 1.36 bits per heavy atom. The summed E-state index contributed by atoms with van der Waals surface area (Å²) < 4.78 is 1.99. The first-order chi connectivity index (χ1) is 6.72. The second kappa shape index (κ2) is 3.79. The normalized spacial score (nSPS) is 11.1. The summed E-state index contributed by atoms with van der Waals surface area (Å²) in [5.41, 5.74) is 1.90. The van der Waals surface area contributed by atoms with Gasteiger partial charge in [-0.1, -0.05) is 18.5 Å². The number of aromatic nitrogens is 2. The predicted octanol–water partition coefficient (Wildman–Crippen LogP) is 3.75. The quantitative estimate of drug-likeness (QED) is 0.766. The Hall–Kier alpha value is -0.730. The number of imidazole rings is 1. The maximum Gasteiger partial charge on any atom is 0.203 e. The topological polar surface area (TPSA) is 17.8 Å².